The van der Waals surface area contributed by atoms with Gasteiger partial charge in [0.2, 0.25) is 12.7 Å². The summed E-state index contributed by atoms with van der Waals surface area (Å²) in [5, 5.41) is 12.1. The lowest BCUT2D eigenvalue weighted by atomic mass is 10.1. The molecule has 0 saturated heterocycles. The van der Waals surface area contributed by atoms with Crippen LogP contribution in [0.2, 0.25) is 0 Å². The first-order chi connectivity index (χ1) is 14.1. The number of hydrogen-bond donors (Lipinski definition) is 1. The molecule has 150 valence electrons. The maximum absolute atomic E-state index is 12.8. The Labute approximate surface area is 166 Å². The SMILES string of the molecule is N#Cc1c2n(c(=O)n(CC(=O)NCc3ccc4c(c3)OCO4)c1=O)CCCCC2. The third-order valence-corrected chi connectivity index (χ3v) is 5.17. The number of nitrogens with zero attached hydrogens (tertiary/aromatic N) is 3. The molecular formula is C20H20N4O5. The zero-order valence-electron chi connectivity index (χ0n) is 15.8. The predicted octanol–water partition coefficient (Wildman–Crippen LogP) is 0.653. The molecule has 9 nitrogen and oxygen atoms in total. The maximum atomic E-state index is 12.8. The molecule has 0 spiro atoms. The largest absolute Gasteiger partial charge is 0.454 e. The molecule has 1 aromatic carbocycles. The number of ether oxygens (including phenoxy) is 2. The van der Waals surface area contributed by atoms with Crippen LogP contribution in [0.5, 0.6) is 11.5 Å². The summed E-state index contributed by atoms with van der Waals surface area (Å²) in [6.07, 6.45) is 3.07. The highest BCUT2D eigenvalue weighted by molar-refractivity contribution is 5.75. The molecule has 0 unspecified atom stereocenters. The molecule has 3 heterocycles. The number of aromatic nitrogens is 2. The summed E-state index contributed by atoms with van der Waals surface area (Å²) in [5.74, 6) is 0.768. The first-order valence-corrected chi connectivity index (χ1v) is 9.50. The number of nitrogens with one attached hydrogen (secondary N) is 1. The van der Waals surface area contributed by atoms with Gasteiger partial charge in [-0.15, -0.1) is 0 Å². The van der Waals surface area contributed by atoms with E-state index in [2.05, 4.69) is 5.32 Å². The number of rotatable bonds is 4. The first kappa shape index (κ1) is 18.8. The first-order valence-electron chi connectivity index (χ1n) is 9.50. The molecule has 9 heteroatoms. The predicted molar refractivity (Wildman–Crippen MR) is 102 cm³/mol. The molecule has 2 aromatic rings. The van der Waals surface area contributed by atoms with Crippen LogP contribution in [0.15, 0.2) is 27.8 Å². The fourth-order valence-electron chi connectivity index (χ4n) is 3.67. The molecule has 0 aliphatic carbocycles. The highest BCUT2D eigenvalue weighted by Crippen LogP contribution is 2.32. The monoisotopic (exact) mass is 396 g/mol. The van der Waals surface area contributed by atoms with Gasteiger partial charge in [0.1, 0.15) is 18.2 Å². The normalized spacial score (nSPS) is 14.6. The summed E-state index contributed by atoms with van der Waals surface area (Å²) in [4.78, 5) is 37.9. The third-order valence-electron chi connectivity index (χ3n) is 5.17. The zero-order valence-corrected chi connectivity index (χ0v) is 15.8. The number of benzene rings is 1. The van der Waals surface area contributed by atoms with Crippen LogP contribution >= 0.6 is 0 Å². The quantitative estimate of drug-likeness (QED) is 0.812. The minimum atomic E-state index is -0.705. The van der Waals surface area contributed by atoms with Gasteiger partial charge >= 0.3 is 5.69 Å². The average Bonchev–Trinajstić information content (AvgIpc) is 3.05. The molecule has 1 amide bonds. The average molecular weight is 396 g/mol. The van der Waals surface area contributed by atoms with Gasteiger partial charge in [-0.3, -0.25) is 14.2 Å². The molecule has 1 aromatic heterocycles. The number of carbonyl (C=O) groups excluding carboxylic acids is 1. The summed E-state index contributed by atoms with van der Waals surface area (Å²) in [6, 6.07) is 7.24. The van der Waals surface area contributed by atoms with Crippen LogP contribution in [-0.2, 0) is 30.8 Å². The van der Waals surface area contributed by atoms with Gasteiger partial charge in [0.25, 0.3) is 5.56 Å². The molecule has 0 saturated carbocycles. The number of nitriles is 1. The van der Waals surface area contributed by atoms with Crippen molar-refractivity contribution in [1.29, 1.82) is 5.26 Å². The lowest BCUT2D eigenvalue weighted by Gasteiger charge is -2.14. The molecular weight excluding hydrogens is 376 g/mol. The molecule has 0 bridgehead atoms. The van der Waals surface area contributed by atoms with Crippen molar-refractivity contribution >= 4 is 5.91 Å². The van der Waals surface area contributed by atoms with Crippen molar-refractivity contribution in [2.24, 2.45) is 0 Å². The Morgan fingerprint density at radius 3 is 2.83 bits per heavy atom. The van der Waals surface area contributed by atoms with E-state index in [-0.39, 0.29) is 18.9 Å². The Bertz CT molecular complexity index is 1130. The van der Waals surface area contributed by atoms with Crippen LogP contribution in [0.3, 0.4) is 0 Å². The van der Waals surface area contributed by atoms with Gasteiger partial charge in [-0.25, -0.2) is 9.36 Å². The fourth-order valence-corrected chi connectivity index (χ4v) is 3.67. The van der Waals surface area contributed by atoms with Crippen LogP contribution < -0.4 is 26.0 Å². The Hall–Kier alpha value is -3.54. The Balaban J connectivity index is 1.54. The smallest absolute Gasteiger partial charge is 0.331 e. The lowest BCUT2D eigenvalue weighted by molar-refractivity contribution is -0.121. The zero-order chi connectivity index (χ0) is 20.4. The van der Waals surface area contributed by atoms with E-state index in [9.17, 15) is 19.6 Å². The van der Waals surface area contributed by atoms with Gasteiger partial charge in [0, 0.05) is 18.8 Å². The van der Waals surface area contributed by atoms with Gasteiger partial charge in [-0.2, -0.15) is 5.26 Å². The van der Waals surface area contributed by atoms with Gasteiger partial charge in [-0.05, 0) is 37.0 Å². The summed E-state index contributed by atoms with van der Waals surface area (Å²) < 4.78 is 12.9. The van der Waals surface area contributed by atoms with Gasteiger partial charge in [-0.1, -0.05) is 12.5 Å². The van der Waals surface area contributed by atoms with Crippen molar-refractivity contribution < 1.29 is 14.3 Å². The van der Waals surface area contributed by atoms with Crippen LogP contribution in [0.1, 0.15) is 36.1 Å². The molecule has 29 heavy (non-hydrogen) atoms. The minimum Gasteiger partial charge on any atom is -0.454 e. The fraction of sp³-hybridized carbons (Fsp3) is 0.400. The Morgan fingerprint density at radius 2 is 2.00 bits per heavy atom. The Kier molecular flexibility index (Phi) is 5.08. The number of amides is 1. The molecule has 1 N–H and O–H groups in total. The Morgan fingerprint density at radius 1 is 1.17 bits per heavy atom. The summed E-state index contributed by atoms with van der Waals surface area (Å²) >= 11 is 0. The maximum Gasteiger partial charge on any atom is 0.331 e. The van der Waals surface area contributed by atoms with E-state index in [1.54, 1.807) is 18.2 Å². The van der Waals surface area contributed by atoms with Crippen molar-refractivity contribution in [2.75, 3.05) is 6.79 Å². The van der Waals surface area contributed by atoms with Crippen LogP contribution in [-0.4, -0.2) is 21.8 Å². The summed E-state index contributed by atoms with van der Waals surface area (Å²) in [5.41, 5.74) is -0.00795. The standard InChI is InChI=1S/C20H20N4O5/c21-9-14-15-4-2-1-3-7-23(15)20(27)24(19(14)26)11-18(25)22-10-13-5-6-16-17(8-13)29-12-28-16/h5-6,8H,1-4,7,10-12H2,(H,22,25). The van der Waals surface area contributed by atoms with E-state index < -0.39 is 23.7 Å². The highest BCUT2D eigenvalue weighted by Gasteiger charge is 2.21. The number of hydrogen-bond acceptors (Lipinski definition) is 6. The van der Waals surface area contributed by atoms with E-state index in [1.807, 2.05) is 6.07 Å². The molecule has 2 aliphatic heterocycles. The molecule has 0 fully saturated rings. The topological polar surface area (TPSA) is 115 Å². The second kappa shape index (κ2) is 7.83. The second-order valence-electron chi connectivity index (χ2n) is 7.03. The molecule has 0 atom stereocenters. The highest BCUT2D eigenvalue weighted by atomic mass is 16.7. The molecule has 4 rings (SSSR count). The summed E-state index contributed by atoms with van der Waals surface area (Å²) in [7, 11) is 0. The van der Waals surface area contributed by atoms with Gasteiger partial charge in [0.05, 0.1) is 0 Å². The van der Waals surface area contributed by atoms with Crippen LogP contribution in [0.25, 0.3) is 0 Å². The van der Waals surface area contributed by atoms with Crippen LogP contribution in [0, 0.1) is 11.3 Å². The minimum absolute atomic E-state index is 0.0462. The molecule has 2 aliphatic rings. The lowest BCUT2D eigenvalue weighted by Crippen LogP contribution is -2.46. The van der Waals surface area contributed by atoms with Crippen LogP contribution in [0.4, 0.5) is 0 Å². The van der Waals surface area contributed by atoms with E-state index in [4.69, 9.17) is 9.47 Å². The van der Waals surface area contributed by atoms with E-state index >= 15 is 0 Å². The second-order valence-corrected chi connectivity index (χ2v) is 7.03. The van der Waals surface area contributed by atoms with E-state index in [0.29, 0.717) is 30.2 Å². The van der Waals surface area contributed by atoms with Crippen molar-refractivity contribution in [1.82, 2.24) is 14.5 Å². The summed E-state index contributed by atoms with van der Waals surface area (Å²) in [6.45, 7) is 0.387. The molecule has 0 radical (unpaired) electrons. The van der Waals surface area contributed by atoms with E-state index in [0.717, 1.165) is 29.4 Å². The van der Waals surface area contributed by atoms with Crippen molar-refractivity contribution in [3.63, 3.8) is 0 Å². The number of fused-ring (bicyclic) bond motifs is 2. The van der Waals surface area contributed by atoms with Gasteiger partial charge in [0.15, 0.2) is 11.5 Å². The van der Waals surface area contributed by atoms with Crippen molar-refractivity contribution in [2.45, 2.75) is 45.3 Å². The number of carbonyl (C=O) groups is 1. The van der Waals surface area contributed by atoms with Crippen molar-refractivity contribution in [3.8, 4) is 17.6 Å². The van der Waals surface area contributed by atoms with E-state index in [1.165, 1.54) is 4.57 Å². The van der Waals surface area contributed by atoms with Crippen molar-refractivity contribution in [3.05, 3.63) is 55.9 Å². The van der Waals surface area contributed by atoms with Gasteiger partial charge < -0.3 is 14.8 Å². The third kappa shape index (κ3) is 3.61.